The molecule has 0 aliphatic carbocycles. The molecule has 94 valence electrons. The Labute approximate surface area is 103 Å². The first kappa shape index (κ1) is 13.8. The Morgan fingerprint density at radius 2 is 2.25 bits per heavy atom. The highest BCUT2D eigenvalue weighted by atomic mass is 32.2. The van der Waals surface area contributed by atoms with Crippen LogP contribution in [0.25, 0.3) is 0 Å². The maximum Gasteiger partial charge on any atom is 0.321 e. The molecule has 0 aromatic rings. The number of piperidine rings is 1. The van der Waals surface area contributed by atoms with Gasteiger partial charge in [0.2, 0.25) is 0 Å². The van der Waals surface area contributed by atoms with Crippen LogP contribution in [-0.2, 0) is 4.79 Å². The van der Waals surface area contributed by atoms with Crippen LogP contribution in [0.4, 0.5) is 0 Å². The third-order valence-electron chi connectivity index (χ3n) is 3.33. The molecule has 1 unspecified atom stereocenters. The monoisotopic (exact) mass is 245 g/mol. The van der Waals surface area contributed by atoms with Crippen LogP contribution >= 0.6 is 11.8 Å². The molecule has 0 radical (unpaired) electrons. The Bertz CT molecular complexity index is 243. The van der Waals surface area contributed by atoms with Gasteiger partial charge in [-0.25, -0.2) is 0 Å². The smallest absolute Gasteiger partial charge is 0.321 e. The lowest BCUT2D eigenvalue weighted by Crippen LogP contribution is -2.54. The normalized spacial score (nSPS) is 25.6. The van der Waals surface area contributed by atoms with E-state index in [1.807, 2.05) is 11.8 Å². The summed E-state index contributed by atoms with van der Waals surface area (Å²) in [6, 6.07) is -0.307. The van der Waals surface area contributed by atoms with Crippen molar-refractivity contribution in [1.82, 2.24) is 4.90 Å². The van der Waals surface area contributed by atoms with Gasteiger partial charge in [-0.1, -0.05) is 20.8 Å². The molecule has 1 saturated heterocycles. The van der Waals surface area contributed by atoms with Crippen molar-refractivity contribution in [3.63, 3.8) is 0 Å². The highest BCUT2D eigenvalue weighted by Gasteiger charge is 2.41. The highest BCUT2D eigenvalue weighted by Crippen LogP contribution is 2.35. The Balaban J connectivity index is 2.62. The van der Waals surface area contributed by atoms with E-state index >= 15 is 0 Å². The van der Waals surface area contributed by atoms with Gasteiger partial charge in [0.05, 0.1) is 0 Å². The number of aliphatic carboxylic acids is 1. The zero-order chi connectivity index (χ0) is 12.2. The van der Waals surface area contributed by atoms with Crippen molar-refractivity contribution >= 4 is 17.7 Å². The molecule has 1 aliphatic rings. The summed E-state index contributed by atoms with van der Waals surface area (Å²) in [6.07, 6.45) is 2.13. The fourth-order valence-electron chi connectivity index (χ4n) is 2.56. The topological polar surface area (TPSA) is 40.5 Å². The van der Waals surface area contributed by atoms with Crippen molar-refractivity contribution in [2.24, 2.45) is 5.41 Å². The summed E-state index contributed by atoms with van der Waals surface area (Å²) in [5, 5.41) is 9.35. The van der Waals surface area contributed by atoms with Crippen LogP contribution in [0.15, 0.2) is 0 Å². The highest BCUT2D eigenvalue weighted by molar-refractivity contribution is 7.99. The van der Waals surface area contributed by atoms with Gasteiger partial charge in [0.15, 0.2) is 0 Å². The molecule has 0 aromatic carbocycles. The number of likely N-dealkylation sites (tertiary alicyclic amines) is 1. The van der Waals surface area contributed by atoms with Crippen LogP contribution in [0.3, 0.4) is 0 Å². The fourth-order valence-corrected chi connectivity index (χ4v) is 3.21. The number of rotatable bonds is 5. The number of carbonyl (C=O) groups is 1. The molecule has 4 heteroatoms. The van der Waals surface area contributed by atoms with E-state index in [4.69, 9.17) is 0 Å². The fraction of sp³-hybridized carbons (Fsp3) is 0.917. The Morgan fingerprint density at radius 3 is 2.81 bits per heavy atom. The van der Waals surface area contributed by atoms with E-state index in [2.05, 4.69) is 25.7 Å². The summed E-state index contributed by atoms with van der Waals surface area (Å²) >= 11 is 1.88. The van der Waals surface area contributed by atoms with Crippen molar-refractivity contribution in [3.05, 3.63) is 0 Å². The SMILES string of the molecule is CCSCCN1CCCC(C)(C)C1C(=O)O. The van der Waals surface area contributed by atoms with E-state index in [0.29, 0.717) is 0 Å². The van der Waals surface area contributed by atoms with E-state index in [9.17, 15) is 9.90 Å². The van der Waals surface area contributed by atoms with E-state index < -0.39 is 5.97 Å². The molecule has 1 atom stereocenters. The molecular weight excluding hydrogens is 222 g/mol. The molecular formula is C12H23NO2S. The molecule has 1 fully saturated rings. The van der Waals surface area contributed by atoms with Gasteiger partial charge in [0.25, 0.3) is 0 Å². The maximum absolute atomic E-state index is 11.4. The predicted molar refractivity (Wildman–Crippen MR) is 69.0 cm³/mol. The van der Waals surface area contributed by atoms with E-state index in [0.717, 1.165) is 37.4 Å². The number of hydrogen-bond acceptors (Lipinski definition) is 3. The number of thioether (sulfide) groups is 1. The quantitative estimate of drug-likeness (QED) is 0.755. The van der Waals surface area contributed by atoms with Crippen molar-refractivity contribution < 1.29 is 9.90 Å². The lowest BCUT2D eigenvalue weighted by atomic mass is 9.76. The predicted octanol–water partition coefficient (Wildman–Crippen LogP) is 2.31. The molecule has 1 rings (SSSR count). The van der Waals surface area contributed by atoms with Crippen molar-refractivity contribution in [1.29, 1.82) is 0 Å². The van der Waals surface area contributed by atoms with E-state index in [1.165, 1.54) is 0 Å². The van der Waals surface area contributed by atoms with Crippen LogP contribution in [0, 0.1) is 5.41 Å². The second kappa shape index (κ2) is 5.92. The van der Waals surface area contributed by atoms with Gasteiger partial charge >= 0.3 is 5.97 Å². The maximum atomic E-state index is 11.4. The minimum atomic E-state index is -0.661. The van der Waals surface area contributed by atoms with Gasteiger partial charge in [-0.2, -0.15) is 11.8 Å². The Kier molecular flexibility index (Phi) is 5.12. The second-order valence-electron chi connectivity index (χ2n) is 5.07. The van der Waals surface area contributed by atoms with E-state index in [1.54, 1.807) is 0 Å². The van der Waals surface area contributed by atoms with Gasteiger partial charge in [-0.15, -0.1) is 0 Å². The van der Waals surface area contributed by atoms with Crippen molar-refractivity contribution in [2.75, 3.05) is 24.6 Å². The second-order valence-corrected chi connectivity index (χ2v) is 6.46. The summed E-state index contributed by atoms with van der Waals surface area (Å²) in [7, 11) is 0. The van der Waals surface area contributed by atoms with Crippen molar-refractivity contribution in [2.45, 2.75) is 39.7 Å². The standard InChI is InChI=1S/C12H23NO2S/c1-4-16-9-8-13-7-5-6-12(2,3)10(13)11(14)15/h10H,4-9H2,1-3H3,(H,14,15). The minimum absolute atomic E-state index is 0.0963. The Hall–Kier alpha value is -0.220. The molecule has 0 amide bonds. The molecule has 1 N–H and O–H groups in total. The van der Waals surface area contributed by atoms with Gasteiger partial charge < -0.3 is 5.11 Å². The summed E-state index contributed by atoms with van der Waals surface area (Å²) in [5.74, 6) is 1.48. The van der Waals surface area contributed by atoms with Gasteiger partial charge in [-0.3, -0.25) is 9.69 Å². The number of carboxylic acids is 1. The van der Waals surface area contributed by atoms with Crippen LogP contribution in [0.5, 0.6) is 0 Å². The molecule has 1 heterocycles. The number of carboxylic acid groups (broad SMARTS) is 1. The first-order valence-electron chi connectivity index (χ1n) is 6.03. The van der Waals surface area contributed by atoms with Gasteiger partial charge in [0.1, 0.15) is 6.04 Å². The summed E-state index contributed by atoms with van der Waals surface area (Å²) in [4.78, 5) is 13.5. The Morgan fingerprint density at radius 1 is 1.56 bits per heavy atom. The zero-order valence-corrected chi connectivity index (χ0v) is 11.3. The molecule has 3 nitrogen and oxygen atoms in total. The lowest BCUT2D eigenvalue weighted by Gasteiger charge is -2.44. The summed E-state index contributed by atoms with van der Waals surface area (Å²) < 4.78 is 0. The molecule has 0 bridgehead atoms. The van der Waals surface area contributed by atoms with Crippen LogP contribution < -0.4 is 0 Å². The third kappa shape index (κ3) is 3.39. The molecule has 0 aromatic heterocycles. The third-order valence-corrected chi connectivity index (χ3v) is 4.21. The van der Waals surface area contributed by atoms with E-state index in [-0.39, 0.29) is 11.5 Å². The van der Waals surface area contributed by atoms with Crippen LogP contribution in [0.1, 0.15) is 33.6 Å². The average molecular weight is 245 g/mol. The molecule has 0 spiro atoms. The van der Waals surface area contributed by atoms with Gasteiger partial charge in [0, 0.05) is 12.3 Å². The largest absolute Gasteiger partial charge is 0.480 e. The summed E-state index contributed by atoms with van der Waals surface area (Å²) in [6.45, 7) is 8.12. The molecule has 1 aliphatic heterocycles. The van der Waals surface area contributed by atoms with Crippen LogP contribution in [-0.4, -0.2) is 46.6 Å². The lowest BCUT2D eigenvalue weighted by molar-refractivity contribution is -0.150. The molecule has 0 saturated carbocycles. The zero-order valence-electron chi connectivity index (χ0n) is 10.5. The summed E-state index contributed by atoms with van der Waals surface area (Å²) in [5.41, 5.74) is -0.0963. The average Bonchev–Trinajstić information content (AvgIpc) is 2.16. The number of hydrogen-bond donors (Lipinski definition) is 1. The minimum Gasteiger partial charge on any atom is -0.480 e. The number of nitrogens with zero attached hydrogens (tertiary/aromatic N) is 1. The van der Waals surface area contributed by atoms with Crippen molar-refractivity contribution in [3.8, 4) is 0 Å². The first-order valence-corrected chi connectivity index (χ1v) is 7.19. The van der Waals surface area contributed by atoms with Crippen LogP contribution in [0.2, 0.25) is 0 Å². The molecule has 16 heavy (non-hydrogen) atoms. The van der Waals surface area contributed by atoms with Gasteiger partial charge in [-0.05, 0) is 30.6 Å². The first-order chi connectivity index (χ1) is 7.49.